The zero-order valence-corrected chi connectivity index (χ0v) is 21.8. The van der Waals surface area contributed by atoms with Gasteiger partial charge < -0.3 is 13.0 Å². The Labute approximate surface area is 175 Å². The van der Waals surface area contributed by atoms with Crippen LogP contribution in [-0.4, -0.2) is 37.4 Å². The highest BCUT2D eigenvalue weighted by Crippen LogP contribution is 2.41. The lowest BCUT2D eigenvalue weighted by molar-refractivity contribution is 0.350. The van der Waals surface area contributed by atoms with Crippen molar-refractivity contribution in [2.45, 2.75) is 95.7 Å². The highest BCUT2D eigenvalue weighted by molar-refractivity contribution is 6.87. The maximum Gasteiger partial charge on any atom is 0.311 e. The molecular weight excluding hydrogens is 396 g/mol. The van der Waals surface area contributed by atoms with Gasteiger partial charge in [-0.05, 0) is 88.5 Å². The van der Waals surface area contributed by atoms with Crippen LogP contribution in [0.15, 0.2) is 30.3 Å². The minimum Gasteiger partial charge on any atom is -0.437 e. The van der Waals surface area contributed by atoms with Crippen LogP contribution in [0.2, 0.25) is 51.4 Å². The van der Waals surface area contributed by atoms with E-state index in [4.69, 9.17) is 13.0 Å². The Hall–Kier alpha value is -0.249. The molecule has 28 heavy (non-hydrogen) atoms. The average Bonchev–Trinajstić information content (AvgIpc) is 3.36. The first-order chi connectivity index (χ1) is 13.0. The summed E-state index contributed by atoms with van der Waals surface area (Å²) in [6.45, 7) is 14.0. The van der Waals surface area contributed by atoms with Crippen molar-refractivity contribution >= 4 is 25.2 Å². The van der Waals surface area contributed by atoms with Gasteiger partial charge in [0.15, 0.2) is 16.6 Å². The van der Waals surface area contributed by atoms with E-state index in [2.05, 4.69) is 69.6 Å². The summed E-state index contributed by atoms with van der Waals surface area (Å²) in [5.41, 5.74) is 1.41. The van der Waals surface area contributed by atoms with Crippen LogP contribution in [0.5, 0.6) is 0 Å². The summed E-state index contributed by atoms with van der Waals surface area (Å²) in [5.74, 6) is 0.849. The summed E-state index contributed by atoms with van der Waals surface area (Å²) in [6, 6.07) is 13.2. The van der Waals surface area contributed by atoms with Gasteiger partial charge in [-0.2, -0.15) is 0 Å². The fourth-order valence-electron chi connectivity index (χ4n) is 4.84. The molecule has 1 saturated carbocycles. The van der Waals surface area contributed by atoms with Gasteiger partial charge in [0.25, 0.3) is 0 Å². The second kappa shape index (κ2) is 8.86. The second-order valence-electron chi connectivity index (χ2n) is 10.5. The fourth-order valence-corrected chi connectivity index (χ4v) is 18.8. The van der Waals surface area contributed by atoms with E-state index in [-0.39, 0.29) is 0 Å². The molecule has 0 radical (unpaired) electrons. The Morgan fingerprint density at radius 1 is 0.857 bits per heavy atom. The predicted molar refractivity (Wildman–Crippen MR) is 125 cm³/mol. The molecule has 1 aliphatic heterocycles. The van der Waals surface area contributed by atoms with E-state index in [9.17, 15) is 0 Å². The van der Waals surface area contributed by atoms with Gasteiger partial charge in [0.05, 0.1) is 12.2 Å². The summed E-state index contributed by atoms with van der Waals surface area (Å²) in [4.78, 5) is 0. The SMILES string of the molecule is C[Si](C)(CCc1ccccc1)O[Si](C)(C)O[Si](C)(C)CCC1CCC2OC2C1. The fraction of sp³-hybridized carbons (Fsp3) is 0.727. The largest absolute Gasteiger partial charge is 0.437 e. The molecule has 1 aromatic rings. The molecular formula is C22H40O3Si3. The summed E-state index contributed by atoms with van der Waals surface area (Å²) in [5, 5.41) is 0. The Kier molecular flexibility index (Phi) is 7.10. The highest BCUT2D eigenvalue weighted by Gasteiger charge is 2.44. The van der Waals surface area contributed by atoms with Crippen LogP contribution >= 0.6 is 0 Å². The first-order valence-electron chi connectivity index (χ1n) is 11.1. The molecule has 3 nitrogen and oxygen atoms in total. The summed E-state index contributed by atoms with van der Waals surface area (Å²) < 4.78 is 19.3. The maximum atomic E-state index is 6.80. The number of ether oxygens (including phenoxy) is 1. The van der Waals surface area contributed by atoms with Gasteiger partial charge in [-0.15, -0.1) is 0 Å². The number of fused-ring (bicyclic) bond motifs is 1. The molecule has 2 fully saturated rings. The van der Waals surface area contributed by atoms with Gasteiger partial charge in [-0.3, -0.25) is 0 Å². The Bertz CT molecular complexity index is 633. The van der Waals surface area contributed by atoms with E-state index in [1.54, 1.807) is 0 Å². The summed E-state index contributed by atoms with van der Waals surface area (Å²) in [7, 11) is -5.54. The third-order valence-electron chi connectivity index (χ3n) is 6.17. The first-order valence-corrected chi connectivity index (χ1v) is 20.2. The van der Waals surface area contributed by atoms with Crippen molar-refractivity contribution in [3.63, 3.8) is 0 Å². The second-order valence-corrected chi connectivity index (χ2v) is 23.0. The van der Waals surface area contributed by atoms with Gasteiger partial charge >= 0.3 is 8.56 Å². The number of rotatable bonds is 10. The van der Waals surface area contributed by atoms with Crippen molar-refractivity contribution in [3.8, 4) is 0 Å². The summed E-state index contributed by atoms with van der Waals surface area (Å²) in [6.07, 6.45) is 7.54. The molecule has 2 aliphatic rings. The zero-order valence-electron chi connectivity index (χ0n) is 18.8. The maximum absolute atomic E-state index is 6.80. The molecule has 1 saturated heterocycles. The normalized spacial score (nSPS) is 25.4. The standard InChI is InChI=1S/C22H40O3Si3/c1-26(2,16-14-19-10-8-7-9-11-19)24-28(5,6)25-27(3,4)17-15-20-12-13-21-22(18-20)23-21/h7-11,20-22H,12-18H2,1-6H3. The lowest BCUT2D eigenvalue weighted by atomic mass is 9.88. The molecule has 0 N–H and O–H groups in total. The molecule has 0 aromatic heterocycles. The van der Waals surface area contributed by atoms with Gasteiger partial charge in [-0.1, -0.05) is 36.8 Å². The van der Waals surface area contributed by atoms with E-state index in [0.29, 0.717) is 12.2 Å². The monoisotopic (exact) mass is 436 g/mol. The average molecular weight is 437 g/mol. The lowest BCUT2D eigenvalue weighted by Gasteiger charge is -2.39. The molecule has 158 valence electrons. The topological polar surface area (TPSA) is 31.0 Å². The molecule has 1 aliphatic carbocycles. The van der Waals surface area contributed by atoms with Crippen molar-refractivity contribution in [2.75, 3.05) is 0 Å². The third kappa shape index (κ3) is 7.22. The molecule has 1 heterocycles. The van der Waals surface area contributed by atoms with Gasteiger partial charge in [0.1, 0.15) is 0 Å². The van der Waals surface area contributed by atoms with Crippen LogP contribution in [-0.2, 0) is 19.4 Å². The minimum absolute atomic E-state index is 0.593. The number of epoxide rings is 1. The number of benzene rings is 1. The van der Waals surface area contributed by atoms with Crippen LogP contribution in [0.3, 0.4) is 0 Å². The molecule has 0 bridgehead atoms. The van der Waals surface area contributed by atoms with Gasteiger partial charge in [0, 0.05) is 0 Å². The highest BCUT2D eigenvalue weighted by atomic mass is 28.5. The van der Waals surface area contributed by atoms with Crippen molar-refractivity contribution in [3.05, 3.63) is 35.9 Å². The number of aryl methyl sites for hydroxylation is 1. The van der Waals surface area contributed by atoms with Gasteiger partial charge in [-0.25, -0.2) is 0 Å². The smallest absolute Gasteiger partial charge is 0.311 e. The Balaban J connectivity index is 1.45. The van der Waals surface area contributed by atoms with Crippen LogP contribution in [0.4, 0.5) is 0 Å². The van der Waals surface area contributed by atoms with Crippen LogP contribution in [0.25, 0.3) is 0 Å². The molecule has 0 spiro atoms. The summed E-state index contributed by atoms with van der Waals surface area (Å²) >= 11 is 0. The van der Waals surface area contributed by atoms with Gasteiger partial charge in [0.2, 0.25) is 0 Å². The van der Waals surface area contributed by atoms with E-state index >= 15 is 0 Å². The van der Waals surface area contributed by atoms with Crippen molar-refractivity contribution in [1.29, 1.82) is 0 Å². The molecule has 1 aromatic carbocycles. The van der Waals surface area contributed by atoms with Crippen LogP contribution < -0.4 is 0 Å². The van der Waals surface area contributed by atoms with Crippen molar-refractivity contribution in [2.24, 2.45) is 5.92 Å². The predicted octanol–water partition coefficient (Wildman–Crippen LogP) is 6.33. The van der Waals surface area contributed by atoms with E-state index in [1.807, 2.05) is 0 Å². The van der Waals surface area contributed by atoms with Crippen molar-refractivity contribution in [1.82, 2.24) is 0 Å². The first kappa shape index (κ1) is 22.4. The van der Waals surface area contributed by atoms with E-state index in [0.717, 1.165) is 18.4 Å². The Morgan fingerprint density at radius 3 is 2.14 bits per heavy atom. The molecule has 3 unspecified atom stereocenters. The molecule has 6 heteroatoms. The third-order valence-corrected chi connectivity index (χ3v) is 17.5. The number of hydrogen-bond acceptors (Lipinski definition) is 3. The molecule has 0 amide bonds. The lowest BCUT2D eigenvalue weighted by Crippen LogP contribution is -2.52. The quantitative estimate of drug-likeness (QED) is 0.317. The van der Waals surface area contributed by atoms with Crippen LogP contribution in [0, 0.1) is 5.92 Å². The number of hydrogen-bond donors (Lipinski definition) is 0. The van der Waals surface area contributed by atoms with E-state index in [1.165, 1.54) is 37.3 Å². The minimum atomic E-state index is -2.11. The Morgan fingerprint density at radius 2 is 1.50 bits per heavy atom. The molecule has 3 atom stereocenters. The van der Waals surface area contributed by atoms with E-state index < -0.39 is 25.2 Å². The van der Waals surface area contributed by atoms with Crippen LogP contribution in [0.1, 0.15) is 31.2 Å². The van der Waals surface area contributed by atoms with Crippen molar-refractivity contribution < 1.29 is 13.0 Å². The molecule has 3 rings (SSSR count). The zero-order chi connectivity index (χ0) is 20.4.